The Labute approximate surface area is 512 Å². The summed E-state index contributed by atoms with van der Waals surface area (Å²) in [5.41, 5.74) is 21.4. The van der Waals surface area contributed by atoms with Gasteiger partial charge in [-0.05, 0) is 116 Å². The molecule has 0 aliphatic heterocycles. The van der Waals surface area contributed by atoms with Gasteiger partial charge in [-0.3, -0.25) is 0 Å². The van der Waals surface area contributed by atoms with Gasteiger partial charge < -0.3 is 34.7 Å². The summed E-state index contributed by atoms with van der Waals surface area (Å²) in [5.74, 6) is 3.04. The fourth-order valence-electron chi connectivity index (χ4n) is 10.5. The molecule has 0 bridgehead atoms. The van der Waals surface area contributed by atoms with Crippen LogP contribution in [0.15, 0.2) is 158 Å². The minimum Gasteiger partial charge on any atom is -0.657 e. The van der Waals surface area contributed by atoms with Crippen molar-refractivity contribution >= 4 is 22.7 Å². The molecule has 7 aromatic carbocycles. The SMILES string of the molecule is CC(C)c1cccc(C(C)C)c1-n1ccn(-c2c(C(C)C)cccc2C(C)C)c1=[N-].CC(C)c1cccc(C(C)C)c1[N-]c1ccccc1-c1ccc(-c2ccccc2[N-]c2c(C(C)C)cccc2C(C)C)cc1.COCCOC.[U+3]. The first-order chi connectivity index (χ1) is 38.2. The fraction of sp³-hybridized carbons (Fsp3) is 0.384. The van der Waals surface area contributed by atoms with E-state index >= 15 is 0 Å². The molecule has 0 spiro atoms. The number of hydrogen-bond acceptors (Lipinski definition) is 2. The van der Waals surface area contributed by atoms with Crippen molar-refractivity contribution in [2.45, 2.75) is 158 Å². The fourth-order valence-corrected chi connectivity index (χ4v) is 10.5. The Morgan fingerprint density at radius 2 is 0.593 bits per heavy atom. The zero-order valence-electron chi connectivity index (χ0n) is 52.1. The Bertz CT molecular complexity index is 2980. The Morgan fingerprint density at radius 3 is 0.840 bits per heavy atom. The number of benzene rings is 7. The topological polar surface area (TPSA) is 78.8 Å². The minimum atomic E-state index is 0. The molecular formula is C73H92N5O2U. The maximum Gasteiger partial charge on any atom is 3.00 e. The van der Waals surface area contributed by atoms with Crippen molar-refractivity contribution in [2.24, 2.45) is 0 Å². The predicted octanol–water partition coefficient (Wildman–Crippen LogP) is 21.7. The first-order valence-electron chi connectivity index (χ1n) is 29.3. The molecule has 7 nitrogen and oxygen atoms in total. The summed E-state index contributed by atoms with van der Waals surface area (Å²) in [5, 5.41) is 22.1. The maximum atomic E-state index is 11.5. The quantitative estimate of drug-likeness (QED) is 0.0756. The summed E-state index contributed by atoms with van der Waals surface area (Å²) in [6.07, 6.45) is 4.01. The van der Waals surface area contributed by atoms with Crippen LogP contribution in [0.5, 0.6) is 0 Å². The summed E-state index contributed by atoms with van der Waals surface area (Å²) < 4.78 is 13.2. The van der Waals surface area contributed by atoms with Crippen LogP contribution in [0.25, 0.3) is 49.7 Å². The van der Waals surface area contributed by atoms with Gasteiger partial charge in [0.15, 0.2) is 0 Å². The number of nitrogens with zero attached hydrogens (tertiary/aromatic N) is 5. The van der Waals surface area contributed by atoms with Crippen LogP contribution in [0.3, 0.4) is 0 Å². The molecule has 0 fully saturated rings. The molecular weight excluding hydrogens is 1220 g/mol. The standard InChI is InChI=1S/C42H46N2.C27H36N3.C4H10O2.U/c1-27(2)33-17-13-18-34(28(3)4)41(33)43-39-21-11-9-15-37(39)31-23-25-32(26-24-31)38-16-10-12-22-40(38)44-42-35(29(5)6)19-14-20-36(42)30(7)8;1-17(2)21-11-9-12-22(18(3)4)25(21)29-15-16-30(27(29)28)26-23(19(5)6)13-10-14-24(26)20(7)8;1-5-3-4-6-2;/h9-30H,1-8H3;9-20H,1-8H3;3-4H2,1-2H3;/q-2;-1;;+3. The van der Waals surface area contributed by atoms with Gasteiger partial charge in [-0.2, -0.15) is 0 Å². The second-order valence-electron chi connectivity index (χ2n) is 23.5. The van der Waals surface area contributed by atoms with E-state index in [-0.39, 0.29) is 36.7 Å². The van der Waals surface area contributed by atoms with Crippen molar-refractivity contribution < 1.29 is 40.6 Å². The van der Waals surface area contributed by atoms with Gasteiger partial charge in [0.25, 0.3) is 0 Å². The van der Waals surface area contributed by atoms with Crippen molar-refractivity contribution in [3.05, 3.63) is 224 Å². The van der Waals surface area contributed by atoms with Crippen LogP contribution in [0.4, 0.5) is 22.7 Å². The molecule has 0 aliphatic carbocycles. The van der Waals surface area contributed by atoms with Crippen molar-refractivity contribution in [3.8, 4) is 33.6 Å². The van der Waals surface area contributed by atoms with Crippen LogP contribution in [0, 0.1) is 31.1 Å². The number of rotatable bonds is 19. The summed E-state index contributed by atoms with van der Waals surface area (Å²) >= 11 is 0. The third-order valence-corrected chi connectivity index (χ3v) is 14.9. The van der Waals surface area contributed by atoms with Crippen molar-refractivity contribution in [3.63, 3.8) is 0 Å². The second kappa shape index (κ2) is 31.0. The molecule has 81 heavy (non-hydrogen) atoms. The summed E-state index contributed by atoms with van der Waals surface area (Å²) in [6.45, 7) is 37.1. The van der Waals surface area contributed by atoms with Crippen LogP contribution in [0.2, 0.25) is 0 Å². The summed E-state index contributed by atoms with van der Waals surface area (Å²) in [4.78, 5) is 0. The molecule has 0 aliphatic rings. The Hall–Kier alpha value is -5.88. The van der Waals surface area contributed by atoms with Gasteiger partial charge in [0.1, 0.15) is 0 Å². The van der Waals surface area contributed by atoms with Gasteiger partial charge in [-0.25, -0.2) is 0 Å². The Balaban J connectivity index is 0.000000282. The first-order valence-corrected chi connectivity index (χ1v) is 29.3. The van der Waals surface area contributed by atoms with Crippen LogP contribution in [-0.2, 0) is 9.47 Å². The molecule has 0 atom stereocenters. The molecule has 1 radical (unpaired) electrons. The number of imidazole rings is 1. The van der Waals surface area contributed by atoms with Gasteiger partial charge in [0, 0.05) is 19.8 Å². The molecule has 0 saturated carbocycles. The Kier molecular flexibility index (Phi) is 25.2. The number of methoxy groups -OCH3 is 2. The van der Waals surface area contributed by atoms with E-state index in [0.717, 1.165) is 56.4 Å². The third kappa shape index (κ3) is 16.2. The molecule has 425 valence electrons. The average Bonchev–Trinajstić information content (AvgIpc) is 3.82. The number of aromatic nitrogens is 2. The average molecular weight is 1310 g/mol. The monoisotopic (exact) mass is 1310 g/mol. The van der Waals surface area contributed by atoms with E-state index in [4.69, 9.17) is 10.6 Å². The number of para-hydroxylation sites is 6. The van der Waals surface area contributed by atoms with E-state index in [0.29, 0.717) is 60.6 Å². The normalized spacial score (nSPS) is 11.4. The molecule has 8 aromatic rings. The van der Waals surface area contributed by atoms with E-state index < -0.39 is 0 Å². The van der Waals surface area contributed by atoms with Crippen LogP contribution < -0.4 is 5.62 Å². The van der Waals surface area contributed by atoms with Gasteiger partial charge in [0.05, 0.1) is 13.2 Å². The van der Waals surface area contributed by atoms with Gasteiger partial charge in [-0.1, -0.05) is 279 Å². The molecule has 0 N–H and O–H groups in total. The molecule has 8 heteroatoms. The smallest absolute Gasteiger partial charge is 0.657 e. The van der Waals surface area contributed by atoms with Crippen LogP contribution in [0.1, 0.15) is 203 Å². The van der Waals surface area contributed by atoms with Gasteiger partial charge in [0.2, 0.25) is 0 Å². The Morgan fingerprint density at radius 1 is 0.346 bits per heavy atom. The largest absolute Gasteiger partial charge is 3.00 e. The van der Waals surface area contributed by atoms with Crippen LogP contribution in [-0.4, -0.2) is 36.6 Å². The molecule has 0 unspecified atom stereocenters. The van der Waals surface area contributed by atoms with Gasteiger partial charge >= 0.3 is 31.1 Å². The predicted molar refractivity (Wildman–Crippen MR) is 344 cm³/mol. The van der Waals surface area contributed by atoms with Crippen molar-refractivity contribution in [1.29, 1.82) is 0 Å². The summed E-state index contributed by atoms with van der Waals surface area (Å²) in [7, 11) is 3.30. The zero-order chi connectivity index (χ0) is 58.4. The van der Waals surface area contributed by atoms with Crippen molar-refractivity contribution in [1.82, 2.24) is 9.13 Å². The second-order valence-corrected chi connectivity index (χ2v) is 23.5. The van der Waals surface area contributed by atoms with E-state index in [1.165, 1.54) is 44.5 Å². The third-order valence-electron chi connectivity index (χ3n) is 14.9. The van der Waals surface area contributed by atoms with E-state index in [2.05, 4.69) is 266 Å². The number of ether oxygens (including phenoxy) is 2. The molecule has 1 heterocycles. The summed E-state index contributed by atoms with van der Waals surface area (Å²) in [6, 6.07) is 52.1. The molecule has 0 saturated heterocycles. The molecule has 8 rings (SSSR count). The number of hydrogen-bond donors (Lipinski definition) is 0. The van der Waals surface area contributed by atoms with Crippen molar-refractivity contribution in [2.75, 3.05) is 27.4 Å². The van der Waals surface area contributed by atoms with Crippen LogP contribution >= 0.6 is 0 Å². The molecule has 0 amide bonds. The van der Waals surface area contributed by atoms with Gasteiger partial charge in [-0.15, -0.1) is 22.7 Å². The zero-order valence-corrected chi connectivity index (χ0v) is 56.3. The first kappa shape index (κ1) is 65.9. The maximum absolute atomic E-state index is 11.5. The minimum absolute atomic E-state index is 0. The van der Waals surface area contributed by atoms with E-state index in [9.17, 15) is 5.41 Å². The van der Waals surface area contributed by atoms with E-state index in [1.807, 2.05) is 21.5 Å². The molecule has 1 aromatic heterocycles. The van der Waals surface area contributed by atoms with E-state index in [1.54, 1.807) is 14.2 Å².